The molecule has 0 radical (unpaired) electrons. The molecule has 0 aliphatic carbocycles. The van der Waals surface area contributed by atoms with Gasteiger partial charge >= 0.3 is 39.5 Å². The Hall–Kier alpha value is -1.82. The molecule has 0 saturated heterocycles. The minimum absolute atomic E-state index is 0.375. The third-order valence-electron chi connectivity index (χ3n) is 1.32. The van der Waals surface area contributed by atoms with Gasteiger partial charge in [0.05, 0.1) is 0 Å². The number of rotatable bonds is 7. The van der Waals surface area contributed by atoms with Crippen molar-refractivity contribution in [3.8, 4) is 0 Å². The second-order valence-corrected chi connectivity index (χ2v) is 5.01. The van der Waals surface area contributed by atoms with Crippen LogP contribution in [0.15, 0.2) is 0 Å². The van der Waals surface area contributed by atoms with Gasteiger partial charge in [0.2, 0.25) is 0 Å². The summed E-state index contributed by atoms with van der Waals surface area (Å²) in [5.74, 6) is -5.06. The van der Waals surface area contributed by atoms with Crippen molar-refractivity contribution in [1.29, 1.82) is 0 Å². The van der Waals surface area contributed by atoms with Crippen LogP contribution in [0, 0.1) is 0 Å². The summed E-state index contributed by atoms with van der Waals surface area (Å²) in [6.45, 7) is 6.45. The third kappa shape index (κ3) is 72.3. The van der Waals surface area contributed by atoms with Crippen LogP contribution in [0.5, 0.6) is 0 Å². The summed E-state index contributed by atoms with van der Waals surface area (Å²) in [6.07, 6.45) is -1.42. The number of hydrogen-bond donors (Lipinski definition) is 0. The molecule has 140 valence electrons. The van der Waals surface area contributed by atoms with Gasteiger partial charge in [-0.3, -0.25) is 14.4 Å². The summed E-state index contributed by atoms with van der Waals surface area (Å²) in [5.41, 5.74) is 0. The van der Waals surface area contributed by atoms with E-state index in [2.05, 4.69) is 3.07 Å². The predicted molar refractivity (Wildman–Crippen MR) is 78.3 cm³/mol. The summed E-state index contributed by atoms with van der Waals surface area (Å²) < 4.78 is 4.63. The third-order valence-corrected chi connectivity index (χ3v) is 2.15. The summed E-state index contributed by atoms with van der Waals surface area (Å²) >= 11 is 1.17. The van der Waals surface area contributed by atoms with Crippen LogP contribution in [0.2, 0.25) is 0 Å². The second-order valence-electron chi connectivity index (χ2n) is 4.19. The number of hydrogen-bond acceptors (Lipinski definition) is 10. The van der Waals surface area contributed by atoms with Gasteiger partial charge < -0.3 is 29.7 Å². The van der Waals surface area contributed by atoms with E-state index in [0.29, 0.717) is 0 Å². The SMILES string of the molecule is CC(=O)CC(=O)[O-].CC(=O)CC(=O)[O-].CC(=O)CC(=O)[O-].CC[O][Sn+3]. The van der Waals surface area contributed by atoms with Gasteiger partial charge in [-0.15, -0.1) is 0 Å². The van der Waals surface area contributed by atoms with Crippen molar-refractivity contribution < 1.29 is 47.2 Å². The molecule has 10 nitrogen and oxygen atoms in total. The van der Waals surface area contributed by atoms with Gasteiger partial charge in [0, 0.05) is 37.2 Å². The molecule has 25 heavy (non-hydrogen) atoms. The summed E-state index contributed by atoms with van der Waals surface area (Å²) in [6, 6.07) is 0. The topological polar surface area (TPSA) is 181 Å². The van der Waals surface area contributed by atoms with Gasteiger partial charge in [0.1, 0.15) is 17.3 Å². The van der Waals surface area contributed by atoms with E-state index in [1.807, 2.05) is 6.92 Å². The monoisotopic (exact) mass is 468 g/mol. The first kappa shape index (κ1) is 31.0. The fraction of sp³-hybridized carbons (Fsp3) is 0.571. The van der Waals surface area contributed by atoms with Crippen LogP contribution in [0.3, 0.4) is 0 Å². The van der Waals surface area contributed by atoms with E-state index in [-0.39, 0.29) is 17.3 Å². The fourth-order valence-electron chi connectivity index (χ4n) is 0.610. The van der Waals surface area contributed by atoms with Gasteiger partial charge in [0.15, 0.2) is 0 Å². The van der Waals surface area contributed by atoms with Crippen LogP contribution in [0.4, 0.5) is 0 Å². The first-order valence-electron chi connectivity index (χ1n) is 6.66. The molecule has 0 rings (SSSR count). The molecule has 0 aliphatic rings. The van der Waals surface area contributed by atoms with E-state index in [4.69, 9.17) is 0 Å². The average Bonchev–Trinajstić information content (AvgIpc) is 2.35. The molecule has 11 heteroatoms. The summed E-state index contributed by atoms with van der Waals surface area (Å²) in [4.78, 5) is 57.9. The van der Waals surface area contributed by atoms with Crippen molar-refractivity contribution in [2.75, 3.05) is 6.61 Å². The molecule has 0 aromatic carbocycles. The van der Waals surface area contributed by atoms with Crippen molar-refractivity contribution in [2.24, 2.45) is 0 Å². The summed E-state index contributed by atoms with van der Waals surface area (Å²) in [5, 5.41) is 28.4. The molecule has 0 aliphatic heterocycles. The Bertz CT molecular complexity index is 345. The number of ketones is 3. The molecule has 0 aromatic rings. The van der Waals surface area contributed by atoms with Gasteiger partial charge in [-0.1, -0.05) is 0 Å². The van der Waals surface area contributed by atoms with E-state index < -0.39 is 37.2 Å². The van der Waals surface area contributed by atoms with Crippen LogP contribution in [-0.2, 0) is 31.8 Å². The zero-order valence-electron chi connectivity index (χ0n) is 14.4. The standard InChI is InChI=1S/3C4H6O3.C2H5O.Sn/c3*1-3(5)2-4(6)7;1-2-3;/h3*2H2,1H3,(H,6,7);2H2,1H3;/q;;;-1;+4/p-3. The molecule has 0 saturated carbocycles. The Labute approximate surface area is 159 Å². The quantitative estimate of drug-likeness (QED) is 0.267. The molecule has 0 N–H and O–H groups in total. The molecule has 0 unspecified atom stereocenters. The molecule has 0 aromatic heterocycles. The van der Waals surface area contributed by atoms with Crippen LogP contribution < -0.4 is 15.3 Å². The molecule has 0 bridgehead atoms. The number of carbonyl (C=O) groups excluding carboxylic acids is 6. The van der Waals surface area contributed by atoms with E-state index in [1.54, 1.807) is 0 Å². The van der Waals surface area contributed by atoms with E-state index in [9.17, 15) is 44.1 Å². The first-order chi connectivity index (χ1) is 11.3. The Balaban J connectivity index is -0.000000120. The van der Waals surface area contributed by atoms with Gasteiger partial charge in [-0.05, 0) is 20.8 Å². The van der Waals surface area contributed by atoms with Crippen molar-refractivity contribution in [1.82, 2.24) is 0 Å². The molecule has 0 amide bonds. The maximum atomic E-state index is 9.83. The van der Waals surface area contributed by atoms with Crippen molar-refractivity contribution in [2.45, 2.75) is 47.0 Å². The van der Waals surface area contributed by atoms with Crippen LogP contribution in [0.1, 0.15) is 47.0 Å². The number of aliphatic carboxylic acids is 3. The maximum absolute atomic E-state index is 9.83. The van der Waals surface area contributed by atoms with Gasteiger partial charge in [0.25, 0.3) is 0 Å². The van der Waals surface area contributed by atoms with Crippen molar-refractivity contribution in [3.05, 3.63) is 0 Å². The predicted octanol–water partition coefficient (Wildman–Crippen LogP) is -3.75. The second kappa shape index (κ2) is 22.2. The molecule has 0 atom stereocenters. The van der Waals surface area contributed by atoms with Crippen molar-refractivity contribution in [3.63, 3.8) is 0 Å². The average molecular weight is 467 g/mol. The number of Topliss-reactive ketones (excluding diaryl/α,β-unsaturated/α-hetero) is 3. The first-order valence-corrected chi connectivity index (χ1v) is 7.82. The van der Waals surface area contributed by atoms with Gasteiger partial charge in [-0.25, -0.2) is 0 Å². The van der Waals surface area contributed by atoms with Gasteiger partial charge in [-0.2, -0.15) is 0 Å². The minimum atomic E-state index is -1.31. The normalized spacial score (nSPS) is 8.08. The van der Waals surface area contributed by atoms with Crippen molar-refractivity contribution >= 4 is 58.2 Å². The fourth-order valence-corrected chi connectivity index (χ4v) is 0.610. The number of carbonyl (C=O) groups is 6. The number of carboxylic acids is 3. The molecule has 0 spiro atoms. The number of carboxylic acid groups (broad SMARTS) is 3. The van der Waals surface area contributed by atoms with Crippen LogP contribution in [-0.4, -0.2) is 64.8 Å². The zero-order chi connectivity index (χ0) is 21.0. The van der Waals surface area contributed by atoms with E-state index in [0.717, 1.165) is 6.61 Å². The Morgan fingerprint density at radius 2 is 0.840 bits per heavy atom. The molecular weight excluding hydrogens is 447 g/mol. The Kier molecular flexibility index (Phi) is 27.5. The molecule has 0 heterocycles. The molecular formula is C14H20O10Sn. The Morgan fingerprint density at radius 3 is 0.840 bits per heavy atom. The van der Waals surface area contributed by atoms with Crippen LogP contribution >= 0.6 is 0 Å². The molecule has 0 fully saturated rings. The van der Waals surface area contributed by atoms with Crippen LogP contribution in [0.25, 0.3) is 0 Å². The summed E-state index contributed by atoms with van der Waals surface area (Å²) in [7, 11) is 0. The van der Waals surface area contributed by atoms with E-state index in [1.165, 1.54) is 43.7 Å². The van der Waals surface area contributed by atoms with E-state index >= 15 is 0 Å². The zero-order valence-corrected chi connectivity index (χ0v) is 17.3. The Morgan fingerprint density at radius 1 is 0.680 bits per heavy atom.